The zero-order chi connectivity index (χ0) is 15.0. The molecule has 0 fully saturated rings. The largest absolute Gasteiger partial charge is 0.478 e. The van der Waals surface area contributed by atoms with Crippen LogP contribution in [0.4, 0.5) is 4.39 Å². The van der Waals surface area contributed by atoms with Gasteiger partial charge in [0.1, 0.15) is 11.6 Å². The zero-order valence-corrected chi connectivity index (χ0v) is 11.4. The van der Waals surface area contributed by atoms with Gasteiger partial charge in [0.25, 0.3) is 0 Å². The molecule has 21 heavy (non-hydrogen) atoms. The van der Waals surface area contributed by atoms with Gasteiger partial charge in [-0.05, 0) is 35.9 Å². The van der Waals surface area contributed by atoms with E-state index >= 15 is 0 Å². The lowest BCUT2D eigenvalue weighted by molar-refractivity contribution is 0.0697. The minimum Gasteiger partial charge on any atom is -0.478 e. The molecular formula is C16H13FN2O2. The smallest absolute Gasteiger partial charge is 0.335 e. The number of fused-ring (bicyclic) bond motifs is 1. The average molecular weight is 284 g/mol. The lowest BCUT2D eigenvalue weighted by atomic mass is 10.1. The predicted octanol–water partition coefficient (Wildman–Crippen LogP) is 3.00. The monoisotopic (exact) mass is 284 g/mol. The molecule has 0 amide bonds. The SMILES string of the molecule is Cn1c(Cc2ccc(F)cc2)nc2cc(C(=O)O)ccc21. The number of aromatic carboxylic acids is 1. The van der Waals surface area contributed by atoms with Crippen LogP contribution in [0.5, 0.6) is 0 Å². The summed E-state index contributed by atoms with van der Waals surface area (Å²) < 4.78 is 14.8. The van der Waals surface area contributed by atoms with Gasteiger partial charge in [-0.3, -0.25) is 0 Å². The molecule has 3 aromatic rings. The molecule has 0 radical (unpaired) electrons. The van der Waals surface area contributed by atoms with Gasteiger partial charge in [0.2, 0.25) is 0 Å². The van der Waals surface area contributed by atoms with Crippen molar-refractivity contribution in [3.05, 3.63) is 65.2 Å². The molecule has 5 heteroatoms. The molecule has 2 aromatic carbocycles. The quantitative estimate of drug-likeness (QED) is 0.804. The first-order valence-corrected chi connectivity index (χ1v) is 6.47. The van der Waals surface area contributed by atoms with Crippen molar-refractivity contribution in [2.24, 2.45) is 7.05 Å². The minimum atomic E-state index is -0.970. The fourth-order valence-electron chi connectivity index (χ4n) is 2.33. The van der Waals surface area contributed by atoms with E-state index in [1.807, 2.05) is 11.6 Å². The highest BCUT2D eigenvalue weighted by atomic mass is 19.1. The molecule has 1 heterocycles. The van der Waals surface area contributed by atoms with Crippen LogP contribution in [-0.2, 0) is 13.5 Å². The molecule has 0 atom stereocenters. The van der Waals surface area contributed by atoms with Crippen LogP contribution in [0.25, 0.3) is 11.0 Å². The standard InChI is InChI=1S/C16H13FN2O2/c1-19-14-7-4-11(16(20)21)9-13(14)18-15(19)8-10-2-5-12(17)6-3-10/h2-7,9H,8H2,1H3,(H,20,21). The van der Waals surface area contributed by atoms with Gasteiger partial charge in [0.15, 0.2) is 0 Å². The van der Waals surface area contributed by atoms with E-state index in [4.69, 9.17) is 5.11 Å². The normalized spacial score (nSPS) is 11.0. The van der Waals surface area contributed by atoms with Crippen molar-refractivity contribution in [2.75, 3.05) is 0 Å². The van der Waals surface area contributed by atoms with E-state index in [1.165, 1.54) is 12.1 Å². The van der Waals surface area contributed by atoms with Crippen molar-refractivity contribution in [3.63, 3.8) is 0 Å². The average Bonchev–Trinajstić information content (AvgIpc) is 2.77. The van der Waals surface area contributed by atoms with Crippen molar-refractivity contribution >= 4 is 17.0 Å². The van der Waals surface area contributed by atoms with E-state index in [-0.39, 0.29) is 11.4 Å². The molecule has 0 aliphatic rings. The van der Waals surface area contributed by atoms with Crippen molar-refractivity contribution in [1.82, 2.24) is 9.55 Å². The van der Waals surface area contributed by atoms with Gasteiger partial charge in [-0.2, -0.15) is 0 Å². The van der Waals surface area contributed by atoms with Crippen LogP contribution in [0, 0.1) is 5.82 Å². The third kappa shape index (κ3) is 2.50. The number of aryl methyl sites for hydroxylation is 1. The van der Waals surface area contributed by atoms with E-state index < -0.39 is 5.97 Å². The Bertz CT molecular complexity index is 822. The molecule has 1 N–H and O–H groups in total. The molecule has 106 valence electrons. The predicted molar refractivity (Wildman–Crippen MR) is 76.9 cm³/mol. The second kappa shape index (κ2) is 5.01. The van der Waals surface area contributed by atoms with E-state index in [2.05, 4.69) is 4.98 Å². The highest BCUT2D eigenvalue weighted by Crippen LogP contribution is 2.19. The van der Waals surface area contributed by atoms with E-state index in [0.717, 1.165) is 16.9 Å². The Hall–Kier alpha value is -2.69. The van der Waals surface area contributed by atoms with Crippen molar-refractivity contribution < 1.29 is 14.3 Å². The maximum atomic E-state index is 12.9. The second-order valence-electron chi connectivity index (χ2n) is 4.90. The van der Waals surface area contributed by atoms with Crippen LogP contribution in [0.15, 0.2) is 42.5 Å². The molecule has 0 unspecified atom stereocenters. The maximum absolute atomic E-state index is 12.9. The Morgan fingerprint density at radius 1 is 1.24 bits per heavy atom. The third-order valence-corrected chi connectivity index (χ3v) is 3.50. The molecule has 0 aliphatic carbocycles. The maximum Gasteiger partial charge on any atom is 0.335 e. The summed E-state index contributed by atoms with van der Waals surface area (Å²) in [5.41, 5.74) is 2.69. The molecule has 0 saturated carbocycles. The van der Waals surface area contributed by atoms with Crippen molar-refractivity contribution in [1.29, 1.82) is 0 Å². The summed E-state index contributed by atoms with van der Waals surface area (Å²) in [6.07, 6.45) is 0.563. The Kier molecular flexibility index (Phi) is 3.17. The molecule has 3 rings (SSSR count). The third-order valence-electron chi connectivity index (χ3n) is 3.50. The van der Waals surface area contributed by atoms with E-state index in [1.54, 1.807) is 30.3 Å². The number of rotatable bonds is 3. The van der Waals surface area contributed by atoms with Gasteiger partial charge in [0.05, 0.1) is 16.6 Å². The fourth-order valence-corrected chi connectivity index (χ4v) is 2.33. The van der Waals surface area contributed by atoms with Crippen molar-refractivity contribution in [3.8, 4) is 0 Å². The van der Waals surface area contributed by atoms with Crippen molar-refractivity contribution in [2.45, 2.75) is 6.42 Å². The number of benzene rings is 2. The van der Waals surface area contributed by atoms with Crippen LogP contribution < -0.4 is 0 Å². The Morgan fingerprint density at radius 2 is 1.95 bits per heavy atom. The molecule has 0 spiro atoms. The summed E-state index contributed by atoms with van der Waals surface area (Å²) in [7, 11) is 1.88. The van der Waals surface area contributed by atoms with Crippen LogP contribution in [0.2, 0.25) is 0 Å². The van der Waals surface area contributed by atoms with Crippen LogP contribution >= 0.6 is 0 Å². The summed E-state index contributed by atoms with van der Waals surface area (Å²) in [5.74, 6) is -0.434. The van der Waals surface area contributed by atoms with Crippen LogP contribution in [0.3, 0.4) is 0 Å². The van der Waals surface area contributed by atoms with Gasteiger partial charge in [-0.25, -0.2) is 14.2 Å². The lowest BCUT2D eigenvalue weighted by Gasteiger charge is -2.02. The summed E-state index contributed by atoms with van der Waals surface area (Å²) in [5, 5.41) is 9.01. The number of aromatic nitrogens is 2. The first-order chi connectivity index (χ1) is 10.0. The van der Waals surface area contributed by atoms with Gasteiger partial charge < -0.3 is 9.67 Å². The Labute approximate surface area is 120 Å². The zero-order valence-electron chi connectivity index (χ0n) is 11.4. The van der Waals surface area contributed by atoms with Crippen LogP contribution in [-0.4, -0.2) is 20.6 Å². The molecule has 1 aromatic heterocycles. The highest BCUT2D eigenvalue weighted by Gasteiger charge is 2.11. The Balaban J connectivity index is 2.00. The van der Waals surface area contributed by atoms with Gasteiger partial charge >= 0.3 is 5.97 Å². The number of halogens is 1. The number of carboxylic acid groups (broad SMARTS) is 1. The second-order valence-corrected chi connectivity index (χ2v) is 4.90. The number of carbonyl (C=O) groups is 1. The molecular weight excluding hydrogens is 271 g/mol. The number of nitrogens with zero attached hydrogens (tertiary/aromatic N) is 2. The van der Waals surface area contributed by atoms with Crippen LogP contribution in [0.1, 0.15) is 21.7 Å². The van der Waals surface area contributed by atoms with Gasteiger partial charge in [-0.15, -0.1) is 0 Å². The number of hydrogen-bond donors (Lipinski definition) is 1. The van der Waals surface area contributed by atoms with E-state index in [9.17, 15) is 9.18 Å². The first kappa shape index (κ1) is 13.3. The topological polar surface area (TPSA) is 55.1 Å². The number of carboxylic acids is 1. The Morgan fingerprint density at radius 3 is 2.62 bits per heavy atom. The van der Waals surface area contributed by atoms with Gasteiger partial charge in [-0.1, -0.05) is 12.1 Å². The number of hydrogen-bond acceptors (Lipinski definition) is 2. The summed E-state index contributed by atoms with van der Waals surface area (Å²) in [6.45, 7) is 0. The summed E-state index contributed by atoms with van der Waals surface area (Å²) in [4.78, 5) is 15.5. The summed E-state index contributed by atoms with van der Waals surface area (Å²) in [6, 6.07) is 11.1. The fraction of sp³-hybridized carbons (Fsp3) is 0.125. The molecule has 0 aliphatic heterocycles. The van der Waals surface area contributed by atoms with Gasteiger partial charge in [0, 0.05) is 13.5 Å². The molecule has 0 bridgehead atoms. The minimum absolute atomic E-state index is 0.217. The number of imidazole rings is 1. The summed E-state index contributed by atoms with van der Waals surface area (Å²) >= 11 is 0. The highest BCUT2D eigenvalue weighted by molar-refractivity contribution is 5.92. The molecule has 0 saturated heterocycles. The van der Waals surface area contributed by atoms with E-state index in [0.29, 0.717) is 11.9 Å². The molecule has 4 nitrogen and oxygen atoms in total. The lowest BCUT2D eigenvalue weighted by Crippen LogP contribution is -1.99. The first-order valence-electron chi connectivity index (χ1n) is 6.47.